The molecule has 5 rings (SSSR count). The Bertz CT molecular complexity index is 1140. The predicted molar refractivity (Wildman–Crippen MR) is 115 cm³/mol. The lowest BCUT2D eigenvalue weighted by atomic mass is 9.93. The fourth-order valence-electron chi connectivity index (χ4n) is 4.65. The maximum atomic E-state index is 12.8. The summed E-state index contributed by atoms with van der Waals surface area (Å²) in [6.07, 6.45) is 0.969. The first-order chi connectivity index (χ1) is 14.9. The zero-order chi connectivity index (χ0) is 21.6. The lowest BCUT2D eigenvalue weighted by Crippen LogP contribution is -2.53. The summed E-state index contributed by atoms with van der Waals surface area (Å²) in [5.41, 5.74) is 2.23. The number of nitrogens with zero attached hydrogens (tertiary/aromatic N) is 2. The lowest BCUT2D eigenvalue weighted by Gasteiger charge is -2.39. The van der Waals surface area contributed by atoms with Crippen LogP contribution in [-0.4, -0.2) is 55.8 Å². The highest BCUT2D eigenvalue weighted by atomic mass is 32.2. The molecule has 8 nitrogen and oxygen atoms in total. The molecule has 2 amide bonds. The molecule has 2 N–H and O–H groups in total. The first-order valence-corrected chi connectivity index (χ1v) is 11.9. The number of hydrogen-bond donors (Lipinski definition) is 2. The Labute approximate surface area is 181 Å². The van der Waals surface area contributed by atoms with Crippen molar-refractivity contribution in [1.29, 1.82) is 0 Å². The maximum absolute atomic E-state index is 12.8. The van der Waals surface area contributed by atoms with E-state index in [1.165, 1.54) is 0 Å². The van der Waals surface area contributed by atoms with Gasteiger partial charge in [0.25, 0.3) is 5.91 Å². The van der Waals surface area contributed by atoms with Crippen LogP contribution in [0.15, 0.2) is 53.4 Å². The Hall–Kier alpha value is -2.91. The van der Waals surface area contributed by atoms with Crippen molar-refractivity contribution in [2.75, 3.05) is 25.0 Å². The van der Waals surface area contributed by atoms with Gasteiger partial charge in [-0.25, -0.2) is 8.42 Å². The van der Waals surface area contributed by atoms with Gasteiger partial charge in [-0.1, -0.05) is 30.3 Å². The number of carbonyl (C=O) groups excluding carboxylic acids is 2. The average Bonchev–Trinajstić information content (AvgIpc) is 3.09. The van der Waals surface area contributed by atoms with Crippen molar-refractivity contribution in [3.05, 3.63) is 59.7 Å². The predicted octanol–water partition coefficient (Wildman–Crippen LogP) is 1.61. The van der Waals surface area contributed by atoms with Crippen LogP contribution in [0, 0.1) is 5.92 Å². The summed E-state index contributed by atoms with van der Waals surface area (Å²) in [6.45, 7) is 1.62. The molecule has 1 atom stereocenters. The van der Waals surface area contributed by atoms with E-state index in [9.17, 15) is 18.0 Å². The molecular formula is C22H24N4O4S. The van der Waals surface area contributed by atoms with Crippen LogP contribution in [0.4, 0.5) is 5.69 Å². The molecule has 31 heavy (non-hydrogen) atoms. The van der Waals surface area contributed by atoms with E-state index < -0.39 is 16.2 Å². The molecule has 0 aromatic heterocycles. The van der Waals surface area contributed by atoms with Gasteiger partial charge in [-0.3, -0.25) is 9.59 Å². The fourth-order valence-corrected chi connectivity index (χ4v) is 6.04. The summed E-state index contributed by atoms with van der Waals surface area (Å²) >= 11 is 0. The van der Waals surface area contributed by atoms with Gasteiger partial charge in [0.2, 0.25) is 15.9 Å². The second kappa shape index (κ2) is 7.65. The summed E-state index contributed by atoms with van der Waals surface area (Å²) in [5.74, 6) is -0.0923. The van der Waals surface area contributed by atoms with Crippen LogP contribution in [0.5, 0.6) is 0 Å². The average molecular weight is 441 g/mol. The minimum absolute atomic E-state index is 0.0675. The summed E-state index contributed by atoms with van der Waals surface area (Å²) < 4.78 is 27.9. The topological polar surface area (TPSA) is 98.8 Å². The molecule has 3 aliphatic heterocycles. The molecule has 0 aliphatic carbocycles. The molecule has 1 saturated heterocycles. The van der Waals surface area contributed by atoms with E-state index in [1.54, 1.807) is 34.1 Å². The summed E-state index contributed by atoms with van der Waals surface area (Å²) in [6, 6.07) is 14.3. The molecule has 0 saturated carbocycles. The SMILES string of the molecule is O=C(CN1Cc2ccccc2C1=O)N1CCC([C@@H]2Nc3ccccc3S(=O)(=O)N2)CC1. The third-order valence-corrected chi connectivity index (χ3v) is 7.85. The zero-order valence-corrected chi connectivity index (χ0v) is 17.8. The van der Waals surface area contributed by atoms with Crippen molar-refractivity contribution < 1.29 is 18.0 Å². The third kappa shape index (κ3) is 3.68. The first kappa shape index (κ1) is 20.0. The smallest absolute Gasteiger partial charge is 0.254 e. The van der Waals surface area contributed by atoms with Crippen LogP contribution in [0.2, 0.25) is 0 Å². The monoisotopic (exact) mass is 440 g/mol. The van der Waals surface area contributed by atoms with Gasteiger partial charge in [0.15, 0.2) is 0 Å². The lowest BCUT2D eigenvalue weighted by molar-refractivity contribution is -0.133. The van der Waals surface area contributed by atoms with Crippen molar-refractivity contribution >= 4 is 27.5 Å². The number of fused-ring (bicyclic) bond motifs is 2. The highest BCUT2D eigenvalue weighted by molar-refractivity contribution is 7.89. The Morgan fingerprint density at radius 3 is 2.52 bits per heavy atom. The molecule has 162 valence electrons. The van der Waals surface area contributed by atoms with Gasteiger partial charge < -0.3 is 15.1 Å². The van der Waals surface area contributed by atoms with Gasteiger partial charge >= 0.3 is 0 Å². The maximum Gasteiger partial charge on any atom is 0.254 e. The molecule has 0 unspecified atom stereocenters. The van der Waals surface area contributed by atoms with Gasteiger partial charge in [-0.15, -0.1) is 0 Å². The third-order valence-electron chi connectivity index (χ3n) is 6.36. The van der Waals surface area contributed by atoms with Gasteiger partial charge in [0.05, 0.1) is 11.9 Å². The molecule has 1 fully saturated rings. The van der Waals surface area contributed by atoms with Crippen LogP contribution in [-0.2, 0) is 21.4 Å². The molecule has 9 heteroatoms. The zero-order valence-electron chi connectivity index (χ0n) is 17.0. The molecule has 2 aromatic carbocycles. The van der Waals surface area contributed by atoms with Crippen molar-refractivity contribution in [3.8, 4) is 0 Å². The van der Waals surface area contributed by atoms with Crippen molar-refractivity contribution in [1.82, 2.24) is 14.5 Å². The molecule has 0 spiro atoms. The van der Waals surface area contributed by atoms with Crippen LogP contribution < -0.4 is 10.0 Å². The van der Waals surface area contributed by atoms with E-state index >= 15 is 0 Å². The Morgan fingerprint density at radius 1 is 1.03 bits per heavy atom. The van der Waals surface area contributed by atoms with Crippen molar-refractivity contribution in [2.45, 2.75) is 30.4 Å². The molecule has 3 aliphatic rings. The van der Waals surface area contributed by atoms with E-state index in [-0.39, 0.29) is 29.2 Å². The quantitative estimate of drug-likeness (QED) is 0.756. The number of likely N-dealkylation sites (tertiary alicyclic amines) is 1. The number of nitrogens with one attached hydrogen (secondary N) is 2. The van der Waals surface area contributed by atoms with Crippen LogP contribution in [0.1, 0.15) is 28.8 Å². The van der Waals surface area contributed by atoms with Crippen molar-refractivity contribution in [2.24, 2.45) is 5.92 Å². The van der Waals surface area contributed by atoms with Crippen LogP contribution >= 0.6 is 0 Å². The van der Waals surface area contributed by atoms with Crippen LogP contribution in [0.25, 0.3) is 0 Å². The second-order valence-corrected chi connectivity index (χ2v) is 9.96. The molecule has 0 radical (unpaired) electrons. The normalized spacial score (nSPS) is 22.6. The van der Waals surface area contributed by atoms with E-state index in [0.717, 1.165) is 5.56 Å². The number of hydrogen-bond acceptors (Lipinski definition) is 5. The van der Waals surface area contributed by atoms with Gasteiger partial charge in [-0.2, -0.15) is 4.72 Å². The van der Waals surface area contributed by atoms with Crippen molar-refractivity contribution in [3.63, 3.8) is 0 Å². The van der Waals surface area contributed by atoms with Gasteiger partial charge in [0.1, 0.15) is 11.4 Å². The summed E-state index contributed by atoms with van der Waals surface area (Å²) in [5, 5.41) is 3.29. The van der Waals surface area contributed by atoms with Crippen LogP contribution in [0.3, 0.4) is 0 Å². The van der Waals surface area contributed by atoms with Gasteiger partial charge in [0, 0.05) is 25.2 Å². The minimum Gasteiger partial charge on any atom is -0.368 e. The second-order valence-electron chi connectivity index (χ2n) is 8.28. The number of piperidine rings is 1. The van der Waals surface area contributed by atoms with E-state index in [0.29, 0.717) is 43.7 Å². The highest BCUT2D eigenvalue weighted by Gasteiger charge is 2.36. The van der Waals surface area contributed by atoms with E-state index in [1.807, 2.05) is 24.3 Å². The Kier molecular flexibility index (Phi) is 4.94. The largest absolute Gasteiger partial charge is 0.368 e. The molecule has 3 heterocycles. The number of rotatable bonds is 3. The first-order valence-electron chi connectivity index (χ1n) is 10.5. The molecular weight excluding hydrogens is 416 g/mol. The highest BCUT2D eigenvalue weighted by Crippen LogP contribution is 2.31. The summed E-state index contributed by atoms with van der Waals surface area (Å²) in [4.78, 5) is 28.9. The Balaban J connectivity index is 1.19. The number of amides is 2. The Morgan fingerprint density at radius 2 is 1.74 bits per heavy atom. The molecule has 0 bridgehead atoms. The summed E-state index contributed by atoms with van der Waals surface area (Å²) in [7, 11) is -3.56. The standard InChI is InChI=1S/C22H24N4O4S/c27-20(14-26-13-16-5-1-2-6-17(16)22(26)28)25-11-9-15(10-12-25)21-23-18-7-3-4-8-19(18)31(29,30)24-21/h1-8,15,21,23-24H,9-14H2/t21-/m1/s1. The number of para-hydroxylation sites is 1. The van der Waals surface area contributed by atoms with E-state index in [2.05, 4.69) is 10.0 Å². The number of sulfonamides is 1. The molecule has 2 aromatic rings. The number of carbonyl (C=O) groups is 2. The number of benzene rings is 2. The number of anilines is 1. The fraction of sp³-hybridized carbons (Fsp3) is 0.364. The van der Waals surface area contributed by atoms with Gasteiger partial charge in [-0.05, 0) is 42.5 Å². The minimum atomic E-state index is -3.56. The van der Waals surface area contributed by atoms with E-state index in [4.69, 9.17) is 0 Å².